The first kappa shape index (κ1) is 11.1. The summed E-state index contributed by atoms with van der Waals surface area (Å²) < 4.78 is 6.68. The van der Waals surface area contributed by atoms with E-state index in [0.717, 1.165) is 25.3 Å². The predicted molar refractivity (Wildman–Crippen MR) is 54.7 cm³/mol. The fourth-order valence-corrected chi connectivity index (χ4v) is 1.62. The Morgan fingerprint density at radius 3 is 3.07 bits per heavy atom. The third-order valence-electron chi connectivity index (χ3n) is 2.28. The Kier molecular flexibility index (Phi) is 3.55. The van der Waals surface area contributed by atoms with Crippen LogP contribution in [0.4, 0.5) is 0 Å². The van der Waals surface area contributed by atoms with Crippen LogP contribution in [0.3, 0.4) is 0 Å². The number of hydrogen-bond acceptors (Lipinski definition) is 3. The van der Waals surface area contributed by atoms with Crippen molar-refractivity contribution in [2.75, 3.05) is 13.7 Å². The maximum absolute atomic E-state index is 11.3. The van der Waals surface area contributed by atoms with Crippen LogP contribution in [-0.4, -0.2) is 24.2 Å². The first-order valence-corrected chi connectivity index (χ1v) is 4.30. The fraction of sp³-hybridized carbons (Fsp3) is 0.444. The Morgan fingerprint density at radius 1 is 1.57 bits per heavy atom. The van der Waals surface area contributed by atoms with Crippen LogP contribution in [0.5, 0.6) is 0 Å². The second-order valence-electron chi connectivity index (χ2n) is 3.03. The van der Waals surface area contributed by atoms with E-state index in [1.807, 2.05) is 16.7 Å². The molecule has 1 aliphatic rings. The maximum atomic E-state index is 11.3. The largest absolute Gasteiger partial charge is 0.464 e. The summed E-state index contributed by atoms with van der Waals surface area (Å²) in [7, 11) is 1.41. The van der Waals surface area contributed by atoms with Gasteiger partial charge in [-0.1, -0.05) is 0 Å². The van der Waals surface area contributed by atoms with Gasteiger partial charge in [-0.2, -0.15) is 0 Å². The first-order chi connectivity index (χ1) is 6.33. The summed E-state index contributed by atoms with van der Waals surface area (Å²) in [4.78, 5) is 11.3. The van der Waals surface area contributed by atoms with Crippen molar-refractivity contribution in [3.8, 4) is 0 Å². The summed E-state index contributed by atoms with van der Waals surface area (Å²) in [5, 5.41) is 3.24. The van der Waals surface area contributed by atoms with Gasteiger partial charge in [0.05, 0.1) is 7.11 Å². The average Bonchev–Trinajstić information content (AvgIpc) is 2.60. The van der Waals surface area contributed by atoms with Crippen molar-refractivity contribution >= 4 is 18.4 Å². The minimum Gasteiger partial charge on any atom is -0.464 e. The molecule has 0 spiro atoms. The van der Waals surface area contributed by atoms with Crippen LogP contribution in [0.2, 0.25) is 0 Å². The molecule has 0 radical (unpaired) electrons. The molecule has 0 aromatic carbocycles. The van der Waals surface area contributed by atoms with Crippen LogP contribution in [0.15, 0.2) is 12.1 Å². The number of methoxy groups -OCH3 is 1. The molecule has 1 aliphatic heterocycles. The first-order valence-electron chi connectivity index (χ1n) is 4.30. The highest BCUT2D eigenvalue weighted by molar-refractivity contribution is 5.87. The van der Waals surface area contributed by atoms with Gasteiger partial charge in [-0.05, 0) is 12.1 Å². The summed E-state index contributed by atoms with van der Waals surface area (Å²) >= 11 is 0. The minimum atomic E-state index is -0.256. The summed E-state index contributed by atoms with van der Waals surface area (Å²) in [6.07, 6.45) is 0. The van der Waals surface area contributed by atoms with E-state index in [9.17, 15) is 4.79 Å². The molecule has 4 nitrogen and oxygen atoms in total. The molecule has 5 heteroatoms. The van der Waals surface area contributed by atoms with E-state index in [1.165, 1.54) is 7.11 Å². The van der Waals surface area contributed by atoms with Crippen molar-refractivity contribution in [2.24, 2.45) is 0 Å². The number of nitrogens with one attached hydrogen (secondary N) is 1. The Morgan fingerprint density at radius 2 is 2.36 bits per heavy atom. The predicted octanol–water partition coefficient (Wildman–Crippen LogP) is 0.800. The minimum absolute atomic E-state index is 0. The van der Waals surface area contributed by atoms with Gasteiger partial charge in [0.15, 0.2) is 0 Å². The Balaban J connectivity index is 0.000000980. The van der Waals surface area contributed by atoms with Gasteiger partial charge >= 0.3 is 5.97 Å². The summed E-state index contributed by atoms with van der Waals surface area (Å²) in [6.45, 7) is 2.58. The zero-order chi connectivity index (χ0) is 9.26. The topological polar surface area (TPSA) is 43.3 Å². The molecule has 14 heavy (non-hydrogen) atoms. The Hall–Kier alpha value is -1.00. The van der Waals surface area contributed by atoms with E-state index < -0.39 is 0 Å². The number of ether oxygens (including phenoxy) is 1. The molecule has 2 rings (SSSR count). The van der Waals surface area contributed by atoms with E-state index in [-0.39, 0.29) is 18.4 Å². The van der Waals surface area contributed by atoms with Crippen molar-refractivity contribution in [1.29, 1.82) is 0 Å². The zero-order valence-corrected chi connectivity index (χ0v) is 8.76. The smallest absolute Gasteiger partial charge is 0.354 e. The number of fused-ring (bicyclic) bond motifs is 1. The van der Waals surface area contributed by atoms with E-state index >= 15 is 0 Å². The van der Waals surface area contributed by atoms with Gasteiger partial charge in [0.2, 0.25) is 0 Å². The second-order valence-corrected chi connectivity index (χ2v) is 3.03. The molecule has 0 atom stereocenters. The molecule has 1 aromatic rings. The highest BCUT2D eigenvalue weighted by Gasteiger charge is 2.16. The highest BCUT2D eigenvalue weighted by Crippen LogP contribution is 2.12. The van der Waals surface area contributed by atoms with Crippen molar-refractivity contribution < 1.29 is 9.53 Å². The zero-order valence-electron chi connectivity index (χ0n) is 7.95. The van der Waals surface area contributed by atoms with Crippen molar-refractivity contribution in [2.45, 2.75) is 13.1 Å². The molecule has 0 bridgehead atoms. The molecule has 0 saturated heterocycles. The van der Waals surface area contributed by atoms with Crippen LogP contribution in [-0.2, 0) is 17.8 Å². The highest BCUT2D eigenvalue weighted by atomic mass is 35.5. The molecule has 1 aromatic heterocycles. The van der Waals surface area contributed by atoms with Crippen molar-refractivity contribution in [1.82, 2.24) is 9.88 Å². The lowest BCUT2D eigenvalue weighted by Gasteiger charge is -2.18. The molecule has 0 unspecified atom stereocenters. The fourth-order valence-electron chi connectivity index (χ4n) is 1.62. The number of carbonyl (C=O) groups is 1. The lowest BCUT2D eigenvalue weighted by Crippen LogP contribution is -2.29. The van der Waals surface area contributed by atoms with E-state index in [1.54, 1.807) is 0 Å². The summed E-state index contributed by atoms with van der Waals surface area (Å²) in [5.41, 5.74) is 1.80. The molecular formula is C9H13ClN2O2. The number of esters is 1. The number of hydrogen-bond donors (Lipinski definition) is 1. The molecule has 0 fully saturated rings. The quantitative estimate of drug-likeness (QED) is 0.707. The van der Waals surface area contributed by atoms with Gasteiger partial charge in [0.25, 0.3) is 0 Å². The number of carbonyl (C=O) groups excluding carboxylic acids is 1. The molecule has 0 saturated carbocycles. The number of halogens is 1. The number of rotatable bonds is 1. The van der Waals surface area contributed by atoms with Gasteiger partial charge < -0.3 is 14.6 Å². The summed E-state index contributed by atoms with van der Waals surface area (Å²) in [5.74, 6) is -0.256. The van der Waals surface area contributed by atoms with Crippen LogP contribution >= 0.6 is 12.4 Å². The molecule has 0 aliphatic carbocycles. The van der Waals surface area contributed by atoms with Crippen LogP contribution in [0, 0.1) is 0 Å². The van der Waals surface area contributed by atoms with Gasteiger partial charge in [-0.3, -0.25) is 0 Å². The average molecular weight is 217 g/mol. The van der Waals surface area contributed by atoms with Crippen molar-refractivity contribution in [3.05, 3.63) is 23.5 Å². The third-order valence-corrected chi connectivity index (χ3v) is 2.28. The molecular weight excluding hydrogens is 204 g/mol. The van der Waals surface area contributed by atoms with Crippen LogP contribution in [0.25, 0.3) is 0 Å². The van der Waals surface area contributed by atoms with Gasteiger partial charge in [-0.15, -0.1) is 12.4 Å². The maximum Gasteiger partial charge on any atom is 0.354 e. The number of aromatic nitrogens is 1. The Bertz CT molecular complexity index is 336. The molecule has 1 N–H and O–H groups in total. The SMILES string of the molecule is COC(=O)c1ccc2n1CCNC2.Cl. The lowest BCUT2D eigenvalue weighted by molar-refractivity contribution is 0.0587. The Labute approximate surface area is 88.6 Å². The van der Waals surface area contributed by atoms with E-state index in [2.05, 4.69) is 10.1 Å². The van der Waals surface area contributed by atoms with Gasteiger partial charge in [0.1, 0.15) is 5.69 Å². The molecule has 78 valence electrons. The lowest BCUT2D eigenvalue weighted by atomic mass is 10.3. The second kappa shape index (κ2) is 4.48. The van der Waals surface area contributed by atoms with Crippen molar-refractivity contribution in [3.63, 3.8) is 0 Å². The summed E-state index contributed by atoms with van der Waals surface area (Å²) in [6, 6.07) is 3.77. The number of nitrogens with zero attached hydrogens (tertiary/aromatic N) is 1. The van der Waals surface area contributed by atoms with Gasteiger partial charge in [-0.25, -0.2) is 4.79 Å². The van der Waals surface area contributed by atoms with Crippen LogP contribution < -0.4 is 5.32 Å². The monoisotopic (exact) mass is 216 g/mol. The molecule has 2 heterocycles. The van der Waals surface area contributed by atoms with Gasteiger partial charge in [0, 0.05) is 25.3 Å². The standard InChI is InChI=1S/C9H12N2O2.ClH/c1-13-9(12)8-3-2-7-6-10-4-5-11(7)8;/h2-3,10H,4-6H2,1H3;1H. The van der Waals surface area contributed by atoms with Crippen LogP contribution in [0.1, 0.15) is 16.2 Å². The molecule has 0 amide bonds. The van der Waals surface area contributed by atoms with E-state index in [4.69, 9.17) is 0 Å². The third kappa shape index (κ3) is 1.76. The van der Waals surface area contributed by atoms with E-state index in [0.29, 0.717) is 5.69 Å². The normalized spacial score (nSPS) is 14.1.